The summed E-state index contributed by atoms with van der Waals surface area (Å²) in [4.78, 5) is 6.93. The maximum atomic E-state index is 9.12. The molecule has 5 heteroatoms. The smallest absolute Gasteiger partial charge is 0.0755 e. The number of hydrogen-bond donors (Lipinski definition) is 0. The van der Waals surface area contributed by atoms with E-state index in [9.17, 15) is 0 Å². The van der Waals surface area contributed by atoms with Crippen LogP contribution in [-0.2, 0) is 5.41 Å². The van der Waals surface area contributed by atoms with Crippen LogP contribution in [0.5, 0.6) is 0 Å². The number of anilines is 9. The van der Waals surface area contributed by atoms with Gasteiger partial charge in [0.2, 0.25) is 0 Å². The van der Waals surface area contributed by atoms with Gasteiger partial charge in [0, 0.05) is 72.7 Å². The fourth-order valence-electron chi connectivity index (χ4n) is 13.7. The highest BCUT2D eigenvalue weighted by Gasteiger charge is 2.52. The van der Waals surface area contributed by atoms with Gasteiger partial charge in [-0.15, -0.1) is 0 Å². The van der Waals surface area contributed by atoms with Crippen LogP contribution in [0.3, 0.4) is 0 Å². The lowest BCUT2D eigenvalue weighted by atomic mass is 9.64. The SMILES string of the molecule is [2H]c1c([2H])c([2H])c(-n2c3ccccc3c3cc(N(c4ccccc4)c4ccc5c(c4)C4(c6cc(N(c7ccccc7)c7ccc8c(c7)c7ccccc7n8-c7c([2H])c([2H])c([2H])c([2H])c7[2H])ccc6-5)c5ccccc5N(c5ccccc5)c5ccccc54)ccc32)c([2H])c1[2H]. The summed E-state index contributed by atoms with van der Waals surface area (Å²) < 4.78 is 91.6. The second-order valence-electron chi connectivity index (χ2n) is 21.3. The van der Waals surface area contributed by atoms with Crippen molar-refractivity contribution in [2.45, 2.75) is 5.41 Å². The van der Waals surface area contributed by atoms with Gasteiger partial charge in [-0.05, 0) is 179 Å². The zero-order valence-corrected chi connectivity index (χ0v) is 45.1. The van der Waals surface area contributed by atoms with E-state index in [1.54, 1.807) is 9.13 Å². The standard InChI is InChI=1S/C79H53N5/c1-6-24-54(25-7-1)80(59-44-48-75-67(50-59)65-34-16-20-38-73(65)82(75)56-28-10-3-11-29-56)61-42-46-63-64-47-43-62(53-72(64)79(71(63)52-61)69-36-18-22-40-77(69)84(58-32-14-5-15-33-58)78-41-23-19-37-70(78)79)81(55-26-8-2-9-27-55)60-45-49-76-68(51-60)66-35-17-21-39-74(66)83(76)57-30-12-4-13-31-57/h1-53H/i3D,4D,10D,11D,12D,13D,28D,29D,30D,31D. The van der Waals surface area contributed by atoms with Crippen LogP contribution in [0.25, 0.3) is 66.1 Å². The van der Waals surface area contributed by atoms with Crippen molar-refractivity contribution in [3.8, 4) is 22.5 Å². The molecule has 0 amide bonds. The molecule has 84 heavy (non-hydrogen) atoms. The van der Waals surface area contributed by atoms with Gasteiger partial charge in [0.15, 0.2) is 0 Å². The summed E-state index contributed by atoms with van der Waals surface area (Å²) in [5.74, 6) is 0. The number of aromatic nitrogens is 2. The van der Waals surface area contributed by atoms with E-state index in [4.69, 9.17) is 13.7 Å². The Kier molecular flexibility index (Phi) is 8.70. The molecular formula is C79H53N5. The molecule has 0 bridgehead atoms. The first-order chi connectivity index (χ1) is 45.8. The van der Waals surface area contributed by atoms with E-state index >= 15 is 0 Å². The number of nitrogens with zero attached hydrogens (tertiary/aromatic N) is 5. The highest BCUT2D eigenvalue weighted by molar-refractivity contribution is 6.12. The minimum atomic E-state index is -0.942. The Hall–Kier alpha value is -11.1. The molecule has 0 unspecified atom stereocenters. The quantitative estimate of drug-likeness (QED) is 0.144. The van der Waals surface area contributed by atoms with E-state index in [-0.39, 0.29) is 35.5 Å². The molecule has 394 valence electrons. The minimum Gasteiger partial charge on any atom is -0.310 e. The van der Waals surface area contributed by atoms with Crippen molar-refractivity contribution in [1.29, 1.82) is 0 Å². The van der Waals surface area contributed by atoms with Crippen molar-refractivity contribution < 1.29 is 13.7 Å². The Bertz CT molecular complexity index is 5290. The van der Waals surface area contributed by atoms with Crippen molar-refractivity contribution in [3.05, 3.63) is 344 Å². The first-order valence-electron chi connectivity index (χ1n) is 33.1. The van der Waals surface area contributed by atoms with Gasteiger partial charge in [0.25, 0.3) is 0 Å². The van der Waals surface area contributed by atoms with E-state index < -0.39 is 41.7 Å². The summed E-state index contributed by atoms with van der Waals surface area (Å²) in [6, 6.07) is 86.7. The molecule has 13 aromatic carbocycles. The van der Waals surface area contributed by atoms with Crippen LogP contribution >= 0.6 is 0 Å². The Morgan fingerprint density at radius 2 is 0.643 bits per heavy atom. The van der Waals surface area contributed by atoms with Gasteiger partial charge < -0.3 is 23.8 Å². The topological polar surface area (TPSA) is 19.6 Å². The van der Waals surface area contributed by atoms with E-state index in [1.165, 1.54) is 0 Å². The third kappa shape index (κ3) is 7.09. The molecule has 0 N–H and O–H groups in total. The van der Waals surface area contributed by atoms with Crippen molar-refractivity contribution >= 4 is 94.8 Å². The number of fused-ring (bicyclic) bond motifs is 15. The van der Waals surface area contributed by atoms with Crippen molar-refractivity contribution in [2.75, 3.05) is 14.7 Å². The molecule has 15 aromatic rings. The van der Waals surface area contributed by atoms with Gasteiger partial charge in [-0.2, -0.15) is 0 Å². The molecule has 0 saturated heterocycles. The van der Waals surface area contributed by atoms with Crippen LogP contribution in [0.15, 0.2) is 321 Å². The van der Waals surface area contributed by atoms with Gasteiger partial charge in [-0.3, -0.25) is 0 Å². The maximum absolute atomic E-state index is 9.12. The van der Waals surface area contributed by atoms with Crippen LogP contribution in [0.4, 0.5) is 51.2 Å². The Labute approximate surface area is 501 Å². The third-order valence-corrected chi connectivity index (χ3v) is 17.0. The third-order valence-electron chi connectivity index (χ3n) is 17.0. The fourth-order valence-corrected chi connectivity index (χ4v) is 13.7. The first-order valence-corrected chi connectivity index (χ1v) is 28.1. The minimum absolute atomic E-state index is 0.0853. The van der Waals surface area contributed by atoms with Crippen molar-refractivity contribution in [2.24, 2.45) is 0 Å². The molecule has 0 saturated carbocycles. The van der Waals surface area contributed by atoms with E-state index in [1.807, 2.05) is 103 Å². The van der Waals surface area contributed by atoms with Crippen LogP contribution in [0, 0.1) is 0 Å². The average molecular weight is 1080 g/mol. The number of benzene rings is 13. The summed E-state index contributed by atoms with van der Waals surface area (Å²) in [5, 5.41) is 3.41. The summed E-state index contributed by atoms with van der Waals surface area (Å²) in [6.45, 7) is 0. The van der Waals surface area contributed by atoms with Gasteiger partial charge >= 0.3 is 0 Å². The molecule has 1 spiro atoms. The number of hydrogen-bond acceptors (Lipinski definition) is 3. The Morgan fingerprint density at radius 3 is 1.11 bits per heavy atom. The predicted molar refractivity (Wildman–Crippen MR) is 350 cm³/mol. The molecule has 1 aliphatic carbocycles. The second kappa shape index (κ2) is 19.0. The molecule has 5 nitrogen and oxygen atoms in total. The molecule has 3 heterocycles. The largest absolute Gasteiger partial charge is 0.310 e. The van der Waals surface area contributed by atoms with Gasteiger partial charge in [-0.25, -0.2) is 0 Å². The number of rotatable bonds is 9. The molecule has 17 rings (SSSR count). The second-order valence-corrected chi connectivity index (χ2v) is 21.3. The van der Waals surface area contributed by atoms with Gasteiger partial charge in [0.05, 0.1) is 52.6 Å². The Morgan fingerprint density at radius 1 is 0.274 bits per heavy atom. The summed E-state index contributed by atoms with van der Waals surface area (Å²) in [5.41, 5.74) is 16.9. The molecular weight excluding hydrogens is 1020 g/mol. The highest BCUT2D eigenvalue weighted by Crippen LogP contribution is 2.65. The molecule has 2 aromatic heterocycles. The normalized spacial score (nSPS) is 14.5. The zero-order valence-electron chi connectivity index (χ0n) is 55.1. The van der Waals surface area contributed by atoms with Gasteiger partial charge in [-0.1, -0.05) is 176 Å². The lowest BCUT2D eigenvalue weighted by Gasteiger charge is -2.45. The van der Waals surface area contributed by atoms with Gasteiger partial charge in [0.1, 0.15) is 0 Å². The highest BCUT2D eigenvalue weighted by atomic mass is 15.2. The molecule has 0 fully saturated rings. The van der Waals surface area contributed by atoms with Crippen molar-refractivity contribution in [1.82, 2.24) is 9.13 Å². The summed E-state index contributed by atoms with van der Waals surface area (Å²) in [7, 11) is 0. The lowest BCUT2D eigenvalue weighted by molar-refractivity contribution is 0.752. The number of para-hydroxylation sites is 9. The fraction of sp³-hybridized carbons (Fsp3) is 0.0127. The predicted octanol–water partition coefficient (Wildman–Crippen LogP) is 21.0. The van der Waals surface area contributed by atoms with E-state index in [0.717, 1.165) is 106 Å². The molecule has 0 radical (unpaired) electrons. The van der Waals surface area contributed by atoms with Crippen LogP contribution in [-0.4, -0.2) is 9.13 Å². The monoisotopic (exact) mass is 1080 g/mol. The summed E-state index contributed by atoms with van der Waals surface area (Å²) in [6.07, 6.45) is 0. The zero-order chi connectivity index (χ0) is 64.0. The maximum Gasteiger partial charge on any atom is 0.0755 e. The molecule has 1 aliphatic heterocycles. The lowest BCUT2D eigenvalue weighted by Crippen LogP contribution is -2.36. The summed E-state index contributed by atoms with van der Waals surface area (Å²) >= 11 is 0. The molecule has 0 atom stereocenters. The first kappa shape index (κ1) is 38.5. The van der Waals surface area contributed by atoms with Crippen LogP contribution in [0.1, 0.15) is 36.0 Å². The van der Waals surface area contributed by atoms with Crippen molar-refractivity contribution in [3.63, 3.8) is 0 Å². The van der Waals surface area contributed by atoms with E-state index in [0.29, 0.717) is 22.1 Å². The molecule has 2 aliphatic rings. The Balaban J connectivity index is 0.904. The van der Waals surface area contributed by atoms with Crippen LogP contribution in [0.2, 0.25) is 0 Å². The van der Waals surface area contributed by atoms with E-state index in [2.05, 4.69) is 172 Å². The van der Waals surface area contributed by atoms with Crippen LogP contribution < -0.4 is 14.7 Å². The average Bonchev–Trinajstić information content (AvgIpc) is 1.44.